The van der Waals surface area contributed by atoms with Gasteiger partial charge in [-0.25, -0.2) is 4.98 Å². The minimum absolute atomic E-state index is 0.244. The molecular formula is C20H26N2OS. The number of amides is 1. The summed E-state index contributed by atoms with van der Waals surface area (Å²) in [7, 11) is 0. The van der Waals surface area contributed by atoms with Crippen molar-refractivity contribution in [3.05, 3.63) is 34.9 Å². The molecule has 0 radical (unpaired) electrons. The summed E-state index contributed by atoms with van der Waals surface area (Å²) < 4.78 is 0. The molecule has 1 aromatic heterocycles. The SMILES string of the molecule is Cc1cc2cc(C)c(SCC(=O)N3CCCC[C@H]3C)nc2cc1C. The van der Waals surface area contributed by atoms with Gasteiger partial charge in [-0.3, -0.25) is 4.79 Å². The topological polar surface area (TPSA) is 33.2 Å². The second-order valence-corrected chi connectivity index (χ2v) is 7.92. The molecule has 4 heteroatoms. The first-order valence-electron chi connectivity index (χ1n) is 8.76. The lowest BCUT2D eigenvalue weighted by molar-refractivity contribution is -0.131. The van der Waals surface area contributed by atoms with E-state index in [2.05, 4.69) is 45.9 Å². The van der Waals surface area contributed by atoms with Crippen LogP contribution in [0.3, 0.4) is 0 Å². The van der Waals surface area contributed by atoms with E-state index in [0.29, 0.717) is 11.8 Å². The number of carbonyl (C=O) groups is 1. The van der Waals surface area contributed by atoms with E-state index in [1.807, 2.05) is 4.90 Å². The van der Waals surface area contributed by atoms with Gasteiger partial charge in [0.25, 0.3) is 0 Å². The van der Waals surface area contributed by atoms with Gasteiger partial charge in [0.2, 0.25) is 5.91 Å². The Kier molecular flexibility index (Phi) is 5.14. The quantitative estimate of drug-likeness (QED) is 0.761. The molecule has 1 aliphatic rings. The van der Waals surface area contributed by atoms with Crippen molar-refractivity contribution in [3.63, 3.8) is 0 Å². The van der Waals surface area contributed by atoms with Gasteiger partial charge in [-0.05, 0) is 81.8 Å². The van der Waals surface area contributed by atoms with Gasteiger partial charge in [-0.1, -0.05) is 11.8 Å². The number of nitrogens with zero attached hydrogens (tertiary/aromatic N) is 2. The van der Waals surface area contributed by atoms with Gasteiger partial charge in [0, 0.05) is 18.0 Å². The van der Waals surface area contributed by atoms with Crippen LogP contribution in [0.2, 0.25) is 0 Å². The van der Waals surface area contributed by atoms with Crippen LogP contribution in [-0.4, -0.2) is 34.1 Å². The molecule has 3 rings (SSSR count). The third-order valence-electron chi connectivity index (χ3n) is 5.03. The van der Waals surface area contributed by atoms with Crippen molar-refractivity contribution in [2.75, 3.05) is 12.3 Å². The number of hydrogen-bond donors (Lipinski definition) is 0. The fourth-order valence-electron chi connectivity index (χ4n) is 3.36. The first-order valence-corrected chi connectivity index (χ1v) is 9.75. The van der Waals surface area contributed by atoms with Gasteiger partial charge < -0.3 is 4.90 Å². The van der Waals surface area contributed by atoms with E-state index in [0.717, 1.165) is 35.5 Å². The Bertz CT molecular complexity index is 772. The highest BCUT2D eigenvalue weighted by Crippen LogP contribution is 2.27. The highest BCUT2D eigenvalue weighted by atomic mass is 32.2. The Morgan fingerprint density at radius 3 is 2.62 bits per heavy atom. The second kappa shape index (κ2) is 7.14. The molecule has 2 heterocycles. The Balaban J connectivity index is 1.76. The van der Waals surface area contributed by atoms with E-state index in [-0.39, 0.29) is 5.91 Å². The molecule has 1 atom stereocenters. The van der Waals surface area contributed by atoms with Gasteiger partial charge >= 0.3 is 0 Å². The summed E-state index contributed by atoms with van der Waals surface area (Å²) in [6.07, 6.45) is 3.50. The summed E-state index contributed by atoms with van der Waals surface area (Å²) >= 11 is 1.57. The molecule has 1 fully saturated rings. The molecule has 1 aliphatic heterocycles. The van der Waals surface area contributed by atoms with Gasteiger partial charge in [0.05, 0.1) is 11.3 Å². The number of fused-ring (bicyclic) bond motifs is 1. The Morgan fingerprint density at radius 2 is 1.88 bits per heavy atom. The largest absolute Gasteiger partial charge is 0.339 e. The highest BCUT2D eigenvalue weighted by molar-refractivity contribution is 7.99. The van der Waals surface area contributed by atoms with E-state index >= 15 is 0 Å². The van der Waals surface area contributed by atoms with Crippen molar-refractivity contribution in [2.45, 2.75) is 58.0 Å². The van der Waals surface area contributed by atoms with Crippen molar-refractivity contribution < 1.29 is 4.79 Å². The molecule has 24 heavy (non-hydrogen) atoms. The summed E-state index contributed by atoms with van der Waals surface area (Å²) in [6.45, 7) is 9.39. The average molecular weight is 343 g/mol. The van der Waals surface area contributed by atoms with Gasteiger partial charge in [0.1, 0.15) is 5.03 Å². The highest BCUT2D eigenvalue weighted by Gasteiger charge is 2.23. The standard InChI is InChI=1S/C20H26N2OS/c1-13-9-17-10-15(3)20(21-18(17)11-14(13)2)24-12-19(23)22-8-6-5-7-16(22)4/h9-11,16H,5-8,12H2,1-4H3/t16-/m1/s1. The lowest BCUT2D eigenvalue weighted by atomic mass is 10.0. The molecule has 0 saturated carbocycles. The molecule has 1 aromatic carbocycles. The maximum atomic E-state index is 12.5. The van der Waals surface area contributed by atoms with Gasteiger partial charge in [0.15, 0.2) is 0 Å². The molecule has 128 valence electrons. The molecular weight excluding hydrogens is 316 g/mol. The molecule has 2 aromatic rings. The first-order chi connectivity index (χ1) is 11.5. The fraction of sp³-hybridized carbons (Fsp3) is 0.500. The summed E-state index contributed by atoms with van der Waals surface area (Å²) in [5, 5.41) is 2.15. The number of carbonyl (C=O) groups excluding carboxylic acids is 1. The van der Waals surface area contributed by atoms with Crippen molar-refractivity contribution in [1.82, 2.24) is 9.88 Å². The normalized spacial score (nSPS) is 18.2. The van der Waals surface area contributed by atoms with Gasteiger partial charge in [-0.15, -0.1) is 0 Å². The van der Waals surface area contributed by atoms with E-state index in [1.54, 1.807) is 11.8 Å². The lowest BCUT2D eigenvalue weighted by Gasteiger charge is -2.33. The van der Waals surface area contributed by atoms with Crippen LogP contribution in [0.1, 0.15) is 42.9 Å². The van der Waals surface area contributed by atoms with Gasteiger partial charge in [-0.2, -0.15) is 0 Å². The minimum atomic E-state index is 0.244. The number of piperidine rings is 1. The summed E-state index contributed by atoms with van der Waals surface area (Å²) in [5.41, 5.74) is 4.71. The smallest absolute Gasteiger partial charge is 0.233 e. The summed E-state index contributed by atoms with van der Waals surface area (Å²) in [6, 6.07) is 6.90. The van der Waals surface area contributed by atoms with Crippen LogP contribution >= 0.6 is 11.8 Å². The number of likely N-dealkylation sites (tertiary alicyclic amines) is 1. The number of rotatable bonds is 3. The molecule has 1 saturated heterocycles. The molecule has 3 nitrogen and oxygen atoms in total. The third-order valence-corrected chi connectivity index (χ3v) is 6.11. The third kappa shape index (κ3) is 3.59. The number of pyridine rings is 1. The van der Waals surface area contributed by atoms with Crippen LogP contribution in [0.15, 0.2) is 23.2 Å². The van der Waals surface area contributed by atoms with Crippen LogP contribution in [0, 0.1) is 20.8 Å². The molecule has 0 unspecified atom stereocenters. The van der Waals surface area contributed by atoms with Crippen LogP contribution in [0.5, 0.6) is 0 Å². The lowest BCUT2D eigenvalue weighted by Crippen LogP contribution is -2.42. The molecule has 0 N–H and O–H groups in total. The van der Waals surface area contributed by atoms with Crippen molar-refractivity contribution in [1.29, 1.82) is 0 Å². The first kappa shape index (κ1) is 17.3. The molecule has 0 spiro atoms. The Morgan fingerprint density at radius 1 is 1.17 bits per heavy atom. The van der Waals surface area contributed by atoms with Crippen LogP contribution < -0.4 is 0 Å². The Hall–Kier alpha value is -1.55. The number of aryl methyl sites for hydroxylation is 3. The summed E-state index contributed by atoms with van der Waals surface area (Å²) in [4.78, 5) is 19.4. The zero-order valence-electron chi connectivity index (χ0n) is 15.1. The number of aromatic nitrogens is 1. The average Bonchev–Trinajstić information content (AvgIpc) is 2.55. The van der Waals surface area contributed by atoms with E-state index in [9.17, 15) is 4.79 Å². The number of benzene rings is 1. The van der Waals surface area contributed by atoms with E-state index < -0.39 is 0 Å². The zero-order chi connectivity index (χ0) is 17.3. The molecule has 0 bridgehead atoms. The monoisotopic (exact) mass is 342 g/mol. The van der Waals surface area contributed by atoms with Crippen LogP contribution in [0.25, 0.3) is 10.9 Å². The Labute approximate surface area is 148 Å². The van der Waals surface area contributed by atoms with Crippen LogP contribution in [0.4, 0.5) is 0 Å². The maximum Gasteiger partial charge on any atom is 0.233 e. The number of hydrogen-bond acceptors (Lipinski definition) is 3. The van der Waals surface area contributed by atoms with Crippen molar-refractivity contribution in [2.24, 2.45) is 0 Å². The van der Waals surface area contributed by atoms with Crippen molar-refractivity contribution in [3.8, 4) is 0 Å². The maximum absolute atomic E-state index is 12.5. The van der Waals surface area contributed by atoms with Crippen LogP contribution in [-0.2, 0) is 4.79 Å². The molecule has 1 amide bonds. The predicted molar refractivity (Wildman–Crippen MR) is 102 cm³/mol. The number of thioether (sulfide) groups is 1. The van der Waals surface area contributed by atoms with Crippen molar-refractivity contribution >= 4 is 28.6 Å². The van der Waals surface area contributed by atoms with E-state index in [1.165, 1.54) is 22.9 Å². The molecule has 0 aliphatic carbocycles. The predicted octanol–water partition coefficient (Wildman–Crippen LogP) is 4.65. The summed E-state index contributed by atoms with van der Waals surface area (Å²) in [5.74, 6) is 0.725. The minimum Gasteiger partial charge on any atom is -0.339 e. The second-order valence-electron chi connectivity index (χ2n) is 6.96. The fourth-order valence-corrected chi connectivity index (χ4v) is 4.23. The zero-order valence-corrected chi connectivity index (χ0v) is 15.9. The van der Waals surface area contributed by atoms with E-state index in [4.69, 9.17) is 4.98 Å².